The van der Waals surface area contributed by atoms with E-state index in [0.29, 0.717) is 44.3 Å². The van der Waals surface area contributed by atoms with Gasteiger partial charge in [-0.3, -0.25) is 9.59 Å². The van der Waals surface area contributed by atoms with E-state index in [1.165, 1.54) is 4.90 Å². The van der Waals surface area contributed by atoms with Crippen LogP contribution >= 0.6 is 0 Å². The number of aliphatic hydroxyl groups excluding tert-OH is 1. The lowest BCUT2D eigenvalue weighted by molar-refractivity contribution is -0.945. The average Bonchev–Trinajstić information content (AvgIpc) is 3.15. The molecule has 2 bridgehead atoms. The van der Waals surface area contributed by atoms with Gasteiger partial charge >= 0.3 is 0 Å². The Hall–Kier alpha value is -2.00. The summed E-state index contributed by atoms with van der Waals surface area (Å²) in [5.41, 5.74) is 6.23. The highest BCUT2D eigenvalue weighted by Crippen LogP contribution is 2.30. The van der Waals surface area contributed by atoms with Gasteiger partial charge in [0.05, 0.1) is 31.2 Å². The first-order valence-electron chi connectivity index (χ1n) is 10.5. The molecule has 154 valence electrons. The maximum Gasteiger partial charge on any atom is 0.231 e. The summed E-state index contributed by atoms with van der Waals surface area (Å²) >= 11 is 0. The van der Waals surface area contributed by atoms with E-state index in [0.717, 1.165) is 38.2 Å². The van der Waals surface area contributed by atoms with Gasteiger partial charge < -0.3 is 20.6 Å². The number of likely N-dealkylation sites (tertiary alicyclic amines) is 1. The second-order valence-corrected chi connectivity index (χ2v) is 8.61. The third-order valence-corrected chi connectivity index (χ3v) is 6.94. The Morgan fingerprint density at radius 3 is 2.71 bits per heavy atom. The molecule has 4 fully saturated rings. The molecule has 0 radical (unpaired) electrons. The first-order chi connectivity index (χ1) is 13.5. The number of nitrogens with zero attached hydrogens (tertiary/aromatic N) is 4. The highest BCUT2D eigenvalue weighted by Gasteiger charge is 2.48. The van der Waals surface area contributed by atoms with Crippen molar-refractivity contribution < 1.29 is 19.6 Å². The van der Waals surface area contributed by atoms with E-state index in [1.807, 2.05) is 15.8 Å². The third-order valence-electron chi connectivity index (χ3n) is 6.94. The van der Waals surface area contributed by atoms with Crippen LogP contribution in [0.5, 0.6) is 0 Å². The first kappa shape index (κ1) is 19.3. The molecule has 4 saturated heterocycles. The molecule has 4 aliphatic rings. The van der Waals surface area contributed by atoms with Crippen LogP contribution in [0.4, 0.5) is 0 Å². The van der Waals surface area contributed by atoms with Gasteiger partial charge in [0.25, 0.3) is 0 Å². The van der Waals surface area contributed by atoms with Crippen LogP contribution in [-0.4, -0.2) is 75.6 Å². The Balaban J connectivity index is 1.33. The number of hydrogen-bond acceptors (Lipinski definition) is 5. The quantitative estimate of drug-likeness (QED) is 0.510. The zero-order valence-corrected chi connectivity index (χ0v) is 16.3. The fourth-order valence-corrected chi connectivity index (χ4v) is 5.30. The molecule has 4 aliphatic heterocycles. The lowest BCUT2D eigenvalue weighted by atomic mass is 9.74. The summed E-state index contributed by atoms with van der Waals surface area (Å²) in [5.74, 6) is 0.492. The molecule has 1 unspecified atom stereocenters. The third kappa shape index (κ3) is 3.91. The van der Waals surface area contributed by atoms with E-state index < -0.39 is 0 Å². The Morgan fingerprint density at radius 1 is 1.29 bits per heavy atom. The van der Waals surface area contributed by atoms with Gasteiger partial charge in [0.2, 0.25) is 11.8 Å². The predicted molar refractivity (Wildman–Crippen MR) is 100 cm³/mol. The summed E-state index contributed by atoms with van der Waals surface area (Å²) in [7, 11) is 0. The lowest BCUT2D eigenvalue weighted by Crippen LogP contribution is -3.20. The Kier molecular flexibility index (Phi) is 5.63. The van der Waals surface area contributed by atoms with Gasteiger partial charge in [-0.25, -0.2) is 4.68 Å². The lowest BCUT2D eigenvalue weighted by Gasteiger charge is -2.47. The number of rotatable bonds is 6. The molecule has 5 heterocycles. The number of aliphatic hydroxyl groups is 1. The van der Waals surface area contributed by atoms with Crippen molar-refractivity contribution in [2.45, 2.75) is 44.7 Å². The highest BCUT2D eigenvalue weighted by molar-refractivity contribution is 5.80. The number of carbonyl (C=O) groups is 2. The molecule has 9 nitrogen and oxygen atoms in total. The van der Waals surface area contributed by atoms with E-state index in [4.69, 9.17) is 10.8 Å². The molecule has 0 aliphatic carbocycles. The van der Waals surface area contributed by atoms with E-state index in [-0.39, 0.29) is 30.3 Å². The summed E-state index contributed by atoms with van der Waals surface area (Å²) < 4.78 is 1.88. The summed E-state index contributed by atoms with van der Waals surface area (Å²) in [5, 5.41) is 17.3. The number of piperidine rings is 4. The molecule has 2 amide bonds. The van der Waals surface area contributed by atoms with Crippen molar-refractivity contribution in [3.8, 4) is 0 Å². The van der Waals surface area contributed by atoms with Crippen LogP contribution in [0.25, 0.3) is 0 Å². The number of primary amides is 1. The molecule has 1 aromatic heterocycles. The number of hydrogen-bond donors (Lipinski definition) is 3. The van der Waals surface area contributed by atoms with Crippen molar-refractivity contribution in [2.24, 2.45) is 23.5 Å². The summed E-state index contributed by atoms with van der Waals surface area (Å²) in [6.45, 7) is 4.21. The zero-order valence-electron chi connectivity index (χ0n) is 16.3. The van der Waals surface area contributed by atoms with Crippen molar-refractivity contribution in [3.63, 3.8) is 0 Å². The monoisotopic (exact) mass is 391 g/mol. The number of carbonyl (C=O) groups excluding carboxylic acids is 2. The number of amides is 2. The second kappa shape index (κ2) is 8.16. The average molecular weight is 391 g/mol. The molecule has 9 heteroatoms. The fourth-order valence-electron chi connectivity index (χ4n) is 5.30. The molecule has 4 N–H and O–H groups in total. The predicted octanol–water partition coefficient (Wildman–Crippen LogP) is -2.17. The number of fused-ring (bicyclic) bond motifs is 3. The smallest absolute Gasteiger partial charge is 0.231 e. The SMILES string of the molecule is NC(=O)C1CCN(C(=O)[C@H]2C[NH+]3CC[C@H]2C[C@@H]3Cn2cc(CCO)nn2)CC1. The van der Waals surface area contributed by atoms with E-state index in [1.54, 1.807) is 0 Å². The Bertz CT molecular complexity index is 714. The summed E-state index contributed by atoms with van der Waals surface area (Å²) in [6, 6.07) is 0.465. The van der Waals surface area contributed by atoms with Gasteiger partial charge in [0.1, 0.15) is 6.04 Å². The number of nitrogens with two attached hydrogens (primary N) is 1. The second-order valence-electron chi connectivity index (χ2n) is 8.61. The van der Waals surface area contributed by atoms with Crippen LogP contribution in [0.2, 0.25) is 0 Å². The highest BCUT2D eigenvalue weighted by atomic mass is 16.3. The molecule has 1 aromatic rings. The van der Waals surface area contributed by atoms with Crippen LogP contribution < -0.4 is 10.6 Å². The molecule has 0 aromatic carbocycles. The van der Waals surface area contributed by atoms with Crippen LogP contribution in [0.3, 0.4) is 0 Å². The molecule has 0 spiro atoms. The summed E-state index contributed by atoms with van der Waals surface area (Å²) in [6.07, 6.45) is 5.99. The molecule has 28 heavy (non-hydrogen) atoms. The van der Waals surface area contributed by atoms with Crippen LogP contribution in [-0.2, 0) is 22.6 Å². The van der Waals surface area contributed by atoms with Crippen molar-refractivity contribution in [3.05, 3.63) is 11.9 Å². The van der Waals surface area contributed by atoms with E-state index in [2.05, 4.69) is 10.3 Å². The van der Waals surface area contributed by atoms with Crippen LogP contribution in [0, 0.1) is 17.8 Å². The van der Waals surface area contributed by atoms with Gasteiger partial charge in [0, 0.05) is 51.1 Å². The standard InChI is InChI=1S/C19H30N6O3/c20-18(27)13-1-5-23(6-2-13)19(28)17-12-24-7-3-14(17)9-16(24)11-25-10-15(4-8-26)21-22-25/h10,13-14,16-17,26H,1-9,11-12H2,(H2,20,27)/p+1/t14-,16+,17-/m0/s1. The molecule has 4 atom stereocenters. The topological polar surface area (TPSA) is 119 Å². The van der Waals surface area contributed by atoms with Gasteiger partial charge in [-0.1, -0.05) is 5.21 Å². The molecule has 0 saturated carbocycles. The van der Waals surface area contributed by atoms with Crippen LogP contribution in [0.15, 0.2) is 6.20 Å². The van der Waals surface area contributed by atoms with Gasteiger partial charge in [0.15, 0.2) is 0 Å². The van der Waals surface area contributed by atoms with Crippen molar-refractivity contribution >= 4 is 11.8 Å². The minimum Gasteiger partial charge on any atom is -0.396 e. The van der Waals surface area contributed by atoms with E-state index >= 15 is 0 Å². The number of nitrogens with one attached hydrogen (secondary N) is 1. The van der Waals surface area contributed by atoms with Crippen LogP contribution in [0.1, 0.15) is 31.4 Å². The minimum atomic E-state index is -0.238. The molecule has 5 rings (SSSR count). The first-order valence-corrected chi connectivity index (χ1v) is 10.5. The fraction of sp³-hybridized carbons (Fsp3) is 0.789. The number of quaternary nitrogens is 1. The minimum absolute atomic E-state index is 0.0796. The Morgan fingerprint density at radius 2 is 2.07 bits per heavy atom. The van der Waals surface area contributed by atoms with Crippen molar-refractivity contribution in [1.82, 2.24) is 19.9 Å². The Labute approximate surface area is 164 Å². The van der Waals surface area contributed by atoms with Gasteiger partial charge in [-0.2, -0.15) is 0 Å². The molecular formula is C19H31N6O3+. The van der Waals surface area contributed by atoms with Gasteiger partial charge in [-0.05, 0) is 18.8 Å². The zero-order chi connectivity index (χ0) is 19.7. The maximum absolute atomic E-state index is 13.1. The molecular weight excluding hydrogens is 360 g/mol. The largest absolute Gasteiger partial charge is 0.396 e. The number of aromatic nitrogens is 3. The maximum atomic E-state index is 13.1. The normalized spacial score (nSPS) is 30.5. The van der Waals surface area contributed by atoms with Crippen molar-refractivity contribution in [1.29, 1.82) is 0 Å². The summed E-state index contributed by atoms with van der Waals surface area (Å²) in [4.78, 5) is 27.9. The van der Waals surface area contributed by atoms with Crippen molar-refractivity contribution in [2.75, 3.05) is 32.8 Å². The van der Waals surface area contributed by atoms with Gasteiger partial charge in [-0.15, -0.1) is 5.10 Å². The van der Waals surface area contributed by atoms with E-state index in [9.17, 15) is 9.59 Å².